The number of aryl methyl sites for hydroxylation is 1. The standard InChI is InChI=1S/C12H14O.C2H6/c1-3-10-8-13-12-7-5-9(2)4-6-11(10)12;1-2/h4-5,7-8H,3,6H2,1-2H3;1-2H3. The van der Waals surface area contributed by atoms with Crippen molar-refractivity contribution in [2.75, 3.05) is 0 Å². The van der Waals surface area contributed by atoms with Crippen LogP contribution in [0.1, 0.15) is 44.6 Å². The third-order valence-corrected chi connectivity index (χ3v) is 2.52. The van der Waals surface area contributed by atoms with Crippen LogP contribution in [-0.2, 0) is 12.8 Å². The molecule has 0 bridgehead atoms. The summed E-state index contributed by atoms with van der Waals surface area (Å²) in [5, 5.41) is 0. The lowest BCUT2D eigenvalue weighted by Gasteiger charge is -1.95. The topological polar surface area (TPSA) is 13.1 Å². The molecule has 0 atom stereocenters. The highest BCUT2D eigenvalue weighted by atomic mass is 16.3. The van der Waals surface area contributed by atoms with Crippen LogP contribution in [0.15, 0.2) is 28.4 Å². The Morgan fingerprint density at radius 2 is 2.00 bits per heavy atom. The molecule has 1 heterocycles. The smallest absolute Gasteiger partial charge is 0.130 e. The first-order valence-electron chi connectivity index (χ1n) is 5.75. The van der Waals surface area contributed by atoms with Gasteiger partial charge in [-0.2, -0.15) is 0 Å². The lowest BCUT2D eigenvalue weighted by atomic mass is 10.1. The minimum absolute atomic E-state index is 1.01. The molecule has 1 aliphatic carbocycles. The Morgan fingerprint density at radius 3 is 2.67 bits per heavy atom. The molecular weight excluding hydrogens is 184 g/mol. The SMILES string of the molecule is CC.CCc1coc2c1CC=C(C)C=C2. The van der Waals surface area contributed by atoms with Gasteiger partial charge in [0.2, 0.25) is 0 Å². The van der Waals surface area contributed by atoms with E-state index in [0.29, 0.717) is 0 Å². The van der Waals surface area contributed by atoms with Crippen molar-refractivity contribution in [3.63, 3.8) is 0 Å². The van der Waals surface area contributed by atoms with Crippen molar-refractivity contribution in [1.82, 2.24) is 0 Å². The molecule has 0 saturated carbocycles. The zero-order valence-electron chi connectivity index (χ0n) is 10.1. The normalized spacial score (nSPS) is 13.5. The molecule has 0 saturated heterocycles. The van der Waals surface area contributed by atoms with Crippen molar-refractivity contribution in [2.24, 2.45) is 0 Å². The summed E-state index contributed by atoms with van der Waals surface area (Å²) in [6.07, 6.45) is 10.4. The van der Waals surface area contributed by atoms with E-state index < -0.39 is 0 Å². The van der Waals surface area contributed by atoms with Gasteiger partial charge in [0.1, 0.15) is 5.76 Å². The van der Waals surface area contributed by atoms with Crippen LogP contribution in [0.5, 0.6) is 0 Å². The van der Waals surface area contributed by atoms with Gasteiger partial charge in [-0.05, 0) is 31.4 Å². The summed E-state index contributed by atoms with van der Waals surface area (Å²) in [5.41, 5.74) is 4.01. The summed E-state index contributed by atoms with van der Waals surface area (Å²) in [6.45, 7) is 8.28. The minimum Gasteiger partial charge on any atom is -0.464 e. The van der Waals surface area contributed by atoms with Crippen LogP contribution in [0.2, 0.25) is 0 Å². The van der Waals surface area contributed by atoms with Gasteiger partial charge in [0.05, 0.1) is 6.26 Å². The Kier molecular flexibility index (Phi) is 4.41. The molecule has 0 aromatic carbocycles. The van der Waals surface area contributed by atoms with Gasteiger partial charge in [-0.15, -0.1) is 0 Å². The fraction of sp³-hybridized carbons (Fsp3) is 0.429. The van der Waals surface area contributed by atoms with Crippen molar-refractivity contribution in [3.05, 3.63) is 40.9 Å². The van der Waals surface area contributed by atoms with Crippen molar-refractivity contribution in [1.29, 1.82) is 0 Å². The van der Waals surface area contributed by atoms with Crippen LogP contribution < -0.4 is 0 Å². The summed E-state index contributed by atoms with van der Waals surface area (Å²) >= 11 is 0. The fourth-order valence-corrected chi connectivity index (χ4v) is 1.64. The van der Waals surface area contributed by atoms with E-state index in [2.05, 4.69) is 32.1 Å². The first-order chi connectivity index (χ1) is 7.31. The molecule has 1 aromatic heterocycles. The lowest BCUT2D eigenvalue weighted by molar-refractivity contribution is 0.552. The molecule has 2 rings (SSSR count). The van der Waals surface area contributed by atoms with Gasteiger partial charge in [-0.1, -0.05) is 38.5 Å². The summed E-state index contributed by atoms with van der Waals surface area (Å²) < 4.78 is 5.49. The third-order valence-electron chi connectivity index (χ3n) is 2.52. The Hall–Kier alpha value is -1.24. The molecule has 0 N–H and O–H groups in total. The van der Waals surface area contributed by atoms with E-state index in [9.17, 15) is 0 Å². The van der Waals surface area contributed by atoms with E-state index >= 15 is 0 Å². The monoisotopic (exact) mass is 204 g/mol. The number of allylic oxidation sites excluding steroid dienone is 3. The zero-order chi connectivity index (χ0) is 11.3. The van der Waals surface area contributed by atoms with E-state index in [1.165, 1.54) is 16.7 Å². The molecule has 0 radical (unpaired) electrons. The molecule has 82 valence electrons. The molecule has 1 aliphatic rings. The Morgan fingerprint density at radius 1 is 1.27 bits per heavy atom. The highest BCUT2D eigenvalue weighted by Gasteiger charge is 2.10. The van der Waals surface area contributed by atoms with Gasteiger partial charge >= 0.3 is 0 Å². The second-order valence-electron chi connectivity index (χ2n) is 3.44. The summed E-state index contributed by atoms with van der Waals surface area (Å²) in [5.74, 6) is 1.03. The summed E-state index contributed by atoms with van der Waals surface area (Å²) in [6, 6.07) is 0. The number of hydrogen-bond acceptors (Lipinski definition) is 1. The van der Waals surface area contributed by atoms with Crippen molar-refractivity contribution >= 4 is 6.08 Å². The fourth-order valence-electron chi connectivity index (χ4n) is 1.64. The minimum atomic E-state index is 1.01. The highest BCUT2D eigenvalue weighted by Crippen LogP contribution is 2.23. The van der Waals surface area contributed by atoms with E-state index in [4.69, 9.17) is 4.42 Å². The van der Waals surface area contributed by atoms with Gasteiger partial charge in [0, 0.05) is 5.56 Å². The van der Waals surface area contributed by atoms with E-state index in [-0.39, 0.29) is 0 Å². The molecule has 0 spiro atoms. The first-order valence-corrected chi connectivity index (χ1v) is 5.75. The summed E-state index contributed by atoms with van der Waals surface area (Å²) in [4.78, 5) is 0. The van der Waals surface area contributed by atoms with Crippen LogP contribution in [0.3, 0.4) is 0 Å². The quantitative estimate of drug-likeness (QED) is 0.661. The first kappa shape index (κ1) is 11.8. The van der Waals surface area contributed by atoms with Crippen molar-refractivity contribution in [3.8, 4) is 0 Å². The second kappa shape index (κ2) is 5.59. The van der Waals surface area contributed by atoms with Crippen LogP contribution in [0.4, 0.5) is 0 Å². The molecule has 0 fully saturated rings. The summed E-state index contributed by atoms with van der Waals surface area (Å²) in [7, 11) is 0. The van der Waals surface area contributed by atoms with Gasteiger partial charge in [0.15, 0.2) is 0 Å². The van der Waals surface area contributed by atoms with E-state index in [1.54, 1.807) is 0 Å². The maximum absolute atomic E-state index is 5.49. The van der Waals surface area contributed by atoms with Gasteiger partial charge < -0.3 is 4.42 Å². The number of furan rings is 1. The molecule has 0 aliphatic heterocycles. The second-order valence-corrected chi connectivity index (χ2v) is 3.44. The predicted molar refractivity (Wildman–Crippen MR) is 65.9 cm³/mol. The van der Waals surface area contributed by atoms with E-state index in [1.807, 2.05) is 20.1 Å². The van der Waals surface area contributed by atoms with Gasteiger partial charge in [-0.25, -0.2) is 0 Å². The van der Waals surface area contributed by atoms with Crippen molar-refractivity contribution in [2.45, 2.75) is 40.5 Å². The molecule has 1 nitrogen and oxygen atoms in total. The van der Waals surface area contributed by atoms with Crippen molar-refractivity contribution < 1.29 is 4.42 Å². The molecule has 1 aromatic rings. The number of rotatable bonds is 1. The Balaban J connectivity index is 0.000000531. The van der Waals surface area contributed by atoms with Crippen LogP contribution in [-0.4, -0.2) is 0 Å². The average Bonchev–Trinajstić information content (AvgIpc) is 2.59. The van der Waals surface area contributed by atoms with Crippen LogP contribution in [0.25, 0.3) is 6.08 Å². The Bertz CT molecular complexity index is 367. The maximum atomic E-state index is 5.49. The Labute approximate surface area is 92.5 Å². The molecule has 1 heteroatoms. The van der Waals surface area contributed by atoms with Crippen LogP contribution in [0, 0.1) is 0 Å². The molecular formula is C14H20O. The largest absolute Gasteiger partial charge is 0.464 e. The third kappa shape index (κ3) is 2.62. The predicted octanol–water partition coefficient (Wildman–Crippen LogP) is 4.38. The van der Waals surface area contributed by atoms with Gasteiger partial charge in [0.25, 0.3) is 0 Å². The molecule has 15 heavy (non-hydrogen) atoms. The number of hydrogen-bond donors (Lipinski definition) is 0. The highest BCUT2D eigenvalue weighted by molar-refractivity contribution is 5.56. The maximum Gasteiger partial charge on any atom is 0.130 e. The molecule has 0 amide bonds. The van der Waals surface area contributed by atoms with Crippen LogP contribution >= 0.6 is 0 Å². The molecule has 0 unspecified atom stereocenters. The number of fused-ring (bicyclic) bond motifs is 1. The lowest BCUT2D eigenvalue weighted by Crippen LogP contribution is -1.86. The zero-order valence-corrected chi connectivity index (χ0v) is 10.1. The average molecular weight is 204 g/mol. The van der Waals surface area contributed by atoms with Gasteiger partial charge in [-0.3, -0.25) is 0 Å². The van der Waals surface area contributed by atoms with E-state index in [0.717, 1.165) is 18.6 Å².